The fourth-order valence-electron chi connectivity index (χ4n) is 1.07. The summed E-state index contributed by atoms with van der Waals surface area (Å²) in [5.74, 6) is -3.64. The van der Waals surface area contributed by atoms with Gasteiger partial charge in [0.15, 0.2) is 6.20 Å². The van der Waals surface area contributed by atoms with Gasteiger partial charge in [-0.05, 0) is 32.5 Å². The lowest BCUT2D eigenvalue weighted by Crippen LogP contribution is -2.22. The van der Waals surface area contributed by atoms with Gasteiger partial charge >= 0.3 is 18.4 Å². The first-order valence-electron chi connectivity index (χ1n) is 4.09. The topological polar surface area (TPSA) is 65.3 Å². The van der Waals surface area contributed by atoms with E-state index in [1.54, 1.807) is 0 Å². The zero-order valence-electron chi connectivity index (χ0n) is 8.34. The standard InChI is InChI=1S/C7HF6IN2O3/c8-6(9,10)3-2(14)1-15-5(16(17)18)4(3)19-7(11,12)13/h1H. The first kappa shape index (κ1) is 15.7. The largest absolute Gasteiger partial charge is 0.573 e. The summed E-state index contributed by atoms with van der Waals surface area (Å²) < 4.78 is 76.4. The summed E-state index contributed by atoms with van der Waals surface area (Å²) in [6.45, 7) is 0. The fourth-order valence-corrected chi connectivity index (χ4v) is 1.76. The van der Waals surface area contributed by atoms with Crippen LogP contribution in [-0.2, 0) is 6.18 Å². The molecule has 0 spiro atoms. The van der Waals surface area contributed by atoms with Crippen LogP contribution in [0.15, 0.2) is 6.20 Å². The molecule has 1 aromatic rings. The highest BCUT2D eigenvalue weighted by Gasteiger charge is 2.45. The molecule has 106 valence electrons. The van der Waals surface area contributed by atoms with Crippen LogP contribution < -0.4 is 4.74 Å². The van der Waals surface area contributed by atoms with E-state index < -0.39 is 38.2 Å². The van der Waals surface area contributed by atoms with E-state index in [1.807, 2.05) is 0 Å². The number of nitro groups is 1. The van der Waals surface area contributed by atoms with Gasteiger partial charge in [-0.3, -0.25) is 0 Å². The minimum atomic E-state index is -5.52. The third kappa shape index (κ3) is 3.81. The molecule has 5 nitrogen and oxygen atoms in total. The van der Waals surface area contributed by atoms with E-state index in [-0.39, 0.29) is 0 Å². The summed E-state index contributed by atoms with van der Waals surface area (Å²) in [5, 5.41) is 10.4. The normalized spacial score (nSPS) is 12.4. The van der Waals surface area contributed by atoms with Crippen molar-refractivity contribution in [2.75, 3.05) is 0 Å². The summed E-state index contributed by atoms with van der Waals surface area (Å²) in [6, 6.07) is 0. The highest BCUT2D eigenvalue weighted by molar-refractivity contribution is 14.1. The van der Waals surface area contributed by atoms with Crippen LogP contribution >= 0.6 is 22.6 Å². The molecule has 1 aromatic heterocycles. The molecule has 0 bridgehead atoms. The highest BCUT2D eigenvalue weighted by Crippen LogP contribution is 2.44. The predicted octanol–water partition coefficient (Wildman–Crippen LogP) is 3.51. The summed E-state index contributed by atoms with van der Waals surface area (Å²) in [5.41, 5.74) is -1.90. The number of halogens is 7. The van der Waals surface area contributed by atoms with Gasteiger partial charge in [0.25, 0.3) is 0 Å². The van der Waals surface area contributed by atoms with E-state index in [4.69, 9.17) is 0 Å². The van der Waals surface area contributed by atoms with Crippen molar-refractivity contribution in [3.8, 4) is 5.75 Å². The fraction of sp³-hybridized carbons (Fsp3) is 0.286. The highest BCUT2D eigenvalue weighted by atomic mass is 127. The van der Waals surface area contributed by atoms with Gasteiger partial charge in [0.1, 0.15) is 5.56 Å². The van der Waals surface area contributed by atoms with Crippen molar-refractivity contribution in [1.82, 2.24) is 4.98 Å². The number of pyridine rings is 1. The van der Waals surface area contributed by atoms with E-state index >= 15 is 0 Å². The van der Waals surface area contributed by atoms with Crippen molar-refractivity contribution in [2.24, 2.45) is 0 Å². The molecule has 1 rings (SSSR count). The molecule has 0 amide bonds. The molecule has 0 aliphatic heterocycles. The van der Waals surface area contributed by atoms with Gasteiger partial charge < -0.3 is 14.9 Å². The average molecular weight is 402 g/mol. The second-order valence-corrected chi connectivity index (χ2v) is 4.10. The maximum absolute atomic E-state index is 12.6. The molecular formula is C7HF6IN2O3. The first-order chi connectivity index (χ1) is 8.43. The first-order valence-corrected chi connectivity index (χ1v) is 5.17. The number of nitrogens with zero attached hydrogens (tertiary/aromatic N) is 2. The lowest BCUT2D eigenvalue weighted by atomic mass is 10.2. The van der Waals surface area contributed by atoms with Gasteiger partial charge in [0.05, 0.1) is 3.57 Å². The molecule has 0 saturated heterocycles. The number of rotatable bonds is 2. The Morgan fingerprint density at radius 2 is 1.79 bits per heavy atom. The van der Waals surface area contributed by atoms with Crippen LogP contribution in [0.2, 0.25) is 0 Å². The van der Waals surface area contributed by atoms with Gasteiger partial charge in [-0.25, -0.2) is 0 Å². The summed E-state index contributed by atoms with van der Waals surface area (Å²) in [4.78, 5) is 11.8. The minimum Gasteiger partial charge on any atom is -0.396 e. The number of ether oxygens (including phenoxy) is 1. The van der Waals surface area contributed by atoms with Crippen molar-refractivity contribution in [1.29, 1.82) is 0 Å². The second-order valence-electron chi connectivity index (χ2n) is 2.94. The lowest BCUT2D eigenvalue weighted by Gasteiger charge is -2.15. The number of hydrogen-bond donors (Lipinski definition) is 0. The Bertz CT molecular complexity index is 515. The van der Waals surface area contributed by atoms with Gasteiger partial charge in [0, 0.05) is 0 Å². The molecule has 0 saturated carbocycles. The lowest BCUT2D eigenvalue weighted by molar-refractivity contribution is -0.393. The predicted molar refractivity (Wildman–Crippen MR) is 55.3 cm³/mol. The molecule has 19 heavy (non-hydrogen) atoms. The Morgan fingerprint density at radius 3 is 2.16 bits per heavy atom. The van der Waals surface area contributed by atoms with Gasteiger partial charge in [-0.1, -0.05) is 0 Å². The summed E-state index contributed by atoms with van der Waals surface area (Å²) >= 11 is 1.05. The Balaban J connectivity index is 3.60. The van der Waals surface area contributed by atoms with Crippen LogP contribution in [0.3, 0.4) is 0 Å². The van der Waals surface area contributed by atoms with Crippen molar-refractivity contribution < 1.29 is 36.0 Å². The molecule has 12 heteroatoms. The molecule has 0 fully saturated rings. The van der Waals surface area contributed by atoms with Gasteiger partial charge in [0.2, 0.25) is 5.75 Å². The van der Waals surface area contributed by atoms with Crippen molar-refractivity contribution in [2.45, 2.75) is 12.5 Å². The number of hydrogen-bond acceptors (Lipinski definition) is 4. The van der Waals surface area contributed by atoms with Crippen LogP contribution in [0.25, 0.3) is 0 Å². The Labute approximate surface area is 113 Å². The van der Waals surface area contributed by atoms with E-state index in [9.17, 15) is 36.5 Å². The smallest absolute Gasteiger partial charge is 0.396 e. The van der Waals surface area contributed by atoms with E-state index in [2.05, 4.69) is 9.72 Å². The molecule has 0 radical (unpaired) electrons. The minimum absolute atomic E-state index is 0.435. The molecule has 0 atom stereocenters. The quantitative estimate of drug-likeness (QED) is 0.329. The van der Waals surface area contributed by atoms with Crippen molar-refractivity contribution >= 4 is 28.4 Å². The van der Waals surface area contributed by atoms with Crippen molar-refractivity contribution in [3.05, 3.63) is 25.4 Å². The van der Waals surface area contributed by atoms with Crippen molar-refractivity contribution in [3.63, 3.8) is 0 Å². The maximum atomic E-state index is 12.6. The molecule has 0 aromatic carbocycles. The SMILES string of the molecule is O=[N+]([O-])c1ncc(I)c(C(F)(F)F)c1OC(F)(F)F. The average Bonchev–Trinajstić information content (AvgIpc) is 2.11. The van der Waals surface area contributed by atoms with Gasteiger partial charge in [-0.2, -0.15) is 13.2 Å². The molecule has 0 aliphatic carbocycles. The Morgan fingerprint density at radius 1 is 1.26 bits per heavy atom. The number of alkyl halides is 6. The molecule has 0 N–H and O–H groups in total. The van der Waals surface area contributed by atoms with Gasteiger partial charge in [-0.15, -0.1) is 13.2 Å². The van der Waals surface area contributed by atoms with E-state index in [0.717, 1.165) is 22.6 Å². The third-order valence-corrected chi connectivity index (χ3v) is 2.46. The zero-order valence-corrected chi connectivity index (χ0v) is 10.5. The third-order valence-electron chi connectivity index (χ3n) is 1.64. The van der Waals surface area contributed by atoms with E-state index in [1.165, 1.54) is 0 Å². The monoisotopic (exact) mass is 402 g/mol. The molecular weight excluding hydrogens is 401 g/mol. The Hall–Kier alpha value is -1.34. The second kappa shape index (κ2) is 4.97. The van der Waals surface area contributed by atoms with Crippen LogP contribution in [0, 0.1) is 13.7 Å². The van der Waals surface area contributed by atoms with Crippen LogP contribution in [0.1, 0.15) is 5.56 Å². The van der Waals surface area contributed by atoms with Crippen LogP contribution in [0.4, 0.5) is 32.2 Å². The molecule has 1 heterocycles. The number of aromatic nitrogens is 1. The van der Waals surface area contributed by atoms with Crippen LogP contribution in [0.5, 0.6) is 5.75 Å². The molecule has 0 unspecified atom stereocenters. The summed E-state index contributed by atoms with van der Waals surface area (Å²) in [7, 11) is 0. The van der Waals surface area contributed by atoms with E-state index in [0.29, 0.717) is 6.20 Å². The van der Waals surface area contributed by atoms with Crippen LogP contribution in [-0.4, -0.2) is 16.3 Å². The Kier molecular flexibility index (Phi) is 4.11. The zero-order chi connectivity index (χ0) is 15.0. The maximum Gasteiger partial charge on any atom is 0.573 e. The molecule has 0 aliphatic rings. The summed E-state index contributed by atoms with van der Waals surface area (Å²) in [6.07, 6.45) is -10.3.